The molecule has 2 aliphatic rings. The Morgan fingerprint density at radius 3 is 3.24 bits per heavy atom. The van der Waals surface area contributed by atoms with E-state index in [1.807, 2.05) is 18.2 Å². The zero-order chi connectivity index (χ0) is 14.4. The predicted octanol–water partition coefficient (Wildman–Crippen LogP) is 3.22. The van der Waals surface area contributed by atoms with Crippen LogP contribution in [0.2, 0.25) is 5.02 Å². The summed E-state index contributed by atoms with van der Waals surface area (Å²) in [5.74, 6) is 0. The maximum atomic E-state index is 6.11. The number of nitrogens with one attached hydrogen (secondary N) is 1. The van der Waals surface area contributed by atoms with Gasteiger partial charge in [0.25, 0.3) is 0 Å². The van der Waals surface area contributed by atoms with Crippen LogP contribution in [0, 0.1) is 4.77 Å². The van der Waals surface area contributed by atoms with Gasteiger partial charge in [-0.3, -0.25) is 4.90 Å². The number of imidazole rings is 1. The first-order valence-corrected chi connectivity index (χ1v) is 8.23. The Kier molecular flexibility index (Phi) is 3.53. The van der Waals surface area contributed by atoms with Crippen LogP contribution in [0.15, 0.2) is 18.2 Å². The number of aromatic nitrogens is 2. The van der Waals surface area contributed by atoms with Gasteiger partial charge in [-0.05, 0) is 49.8 Å². The van der Waals surface area contributed by atoms with Crippen LogP contribution in [0.5, 0.6) is 0 Å². The van der Waals surface area contributed by atoms with Gasteiger partial charge in [0.2, 0.25) is 0 Å². The number of H-pyrrole nitrogens is 1. The Morgan fingerprint density at radius 2 is 2.33 bits per heavy atom. The van der Waals surface area contributed by atoms with E-state index in [4.69, 9.17) is 28.6 Å². The Balaban J connectivity index is 1.61. The van der Waals surface area contributed by atoms with Crippen molar-refractivity contribution in [2.75, 3.05) is 19.7 Å². The molecule has 0 saturated carbocycles. The summed E-state index contributed by atoms with van der Waals surface area (Å²) in [6, 6.07) is 6.45. The van der Waals surface area contributed by atoms with Crippen LogP contribution in [0.1, 0.15) is 12.8 Å². The van der Waals surface area contributed by atoms with E-state index in [9.17, 15) is 0 Å². The van der Waals surface area contributed by atoms with Crippen molar-refractivity contribution in [1.82, 2.24) is 14.5 Å². The van der Waals surface area contributed by atoms with Crippen molar-refractivity contribution >= 4 is 34.9 Å². The van der Waals surface area contributed by atoms with Gasteiger partial charge >= 0.3 is 0 Å². The summed E-state index contributed by atoms with van der Waals surface area (Å²) >= 11 is 11.6. The second-order valence-electron chi connectivity index (χ2n) is 5.95. The largest absolute Gasteiger partial charge is 0.373 e. The van der Waals surface area contributed by atoms with E-state index in [1.165, 1.54) is 19.4 Å². The van der Waals surface area contributed by atoms with E-state index >= 15 is 0 Å². The second kappa shape index (κ2) is 5.39. The van der Waals surface area contributed by atoms with Crippen LogP contribution in [0.3, 0.4) is 0 Å². The Morgan fingerprint density at radius 1 is 1.43 bits per heavy atom. The molecule has 1 aromatic heterocycles. The molecule has 2 aromatic rings. The summed E-state index contributed by atoms with van der Waals surface area (Å²) in [6.45, 7) is 3.83. The van der Waals surface area contributed by atoms with Gasteiger partial charge in [-0.25, -0.2) is 0 Å². The zero-order valence-electron chi connectivity index (χ0n) is 11.7. The summed E-state index contributed by atoms with van der Waals surface area (Å²) in [5.41, 5.74) is 2.08. The Hall–Kier alpha value is -0.880. The lowest BCUT2D eigenvalue weighted by molar-refractivity contribution is -0.0548. The lowest BCUT2D eigenvalue weighted by Crippen LogP contribution is -2.47. The molecule has 0 bridgehead atoms. The fourth-order valence-corrected chi connectivity index (χ4v) is 3.96. The molecule has 4 nitrogen and oxygen atoms in total. The SMILES string of the molecule is S=c1[nH]c2ccc(Cl)cc2n1CC1CN2CCCC2CO1. The van der Waals surface area contributed by atoms with Crippen LogP contribution in [0.4, 0.5) is 0 Å². The van der Waals surface area contributed by atoms with Crippen LogP contribution >= 0.6 is 23.8 Å². The van der Waals surface area contributed by atoms with Crippen LogP contribution in [0.25, 0.3) is 11.0 Å². The number of benzene rings is 1. The number of hydrogen-bond donors (Lipinski definition) is 1. The summed E-state index contributed by atoms with van der Waals surface area (Å²) in [5, 5.41) is 0.731. The molecule has 2 unspecified atom stereocenters. The van der Waals surface area contributed by atoms with Crippen molar-refractivity contribution in [2.45, 2.75) is 31.5 Å². The standard InChI is InChI=1S/C15H18ClN3OS/c16-10-3-4-13-14(6-10)19(15(21)17-13)8-12-7-18-5-1-2-11(18)9-20-12/h3-4,6,11-12H,1-2,5,7-9H2,(H,17,21). The quantitative estimate of drug-likeness (QED) is 0.861. The molecular weight excluding hydrogens is 306 g/mol. The number of halogens is 1. The van der Waals surface area contributed by atoms with Gasteiger partial charge in [0.1, 0.15) is 0 Å². The van der Waals surface area contributed by atoms with Gasteiger partial charge in [-0.15, -0.1) is 0 Å². The number of hydrogen-bond acceptors (Lipinski definition) is 3. The number of rotatable bonds is 2. The molecule has 6 heteroatoms. The smallest absolute Gasteiger partial charge is 0.178 e. The number of aromatic amines is 1. The summed E-state index contributed by atoms with van der Waals surface area (Å²) in [6.07, 6.45) is 2.77. The molecule has 0 spiro atoms. The highest BCUT2D eigenvalue weighted by molar-refractivity contribution is 7.71. The maximum absolute atomic E-state index is 6.11. The van der Waals surface area contributed by atoms with Crippen LogP contribution < -0.4 is 0 Å². The average molecular weight is 324 g/mol. The highest BCUT2D eigenvalue weighted by atomic mass is 35.5. The summed E-state index contributed by atoms with van der Waals surface area (Å²) in [7, 11) is 0. The maximum Gasteiger partial charge on any atom is 0.178 e. The molecule has 21 heavy (non-hydrogen) atoms. The molecule has 2 fully saturated rings. The number of morpholine rings is 1. The molecule has 0 amide bonds. The first-order chi connectivity index (χ1) is 10.2. The van der Waals surface area contributed by atoms with E-state index in [2.05, 4.69) is 14.5 Å². The van der Waals surface area contributed by atoms with Crippen molar-refractivity contribution in [1.29, 1.82) is 0 Å². The zero-order valence-corrected chi connectivity index (χ0v) is 13.3. The molecule has 2 atom stereocenters. The van der Waals surface area contributed by atoms with Gasteiger partial charge in [0.05, 0.1) is 30.3 Å². The third kappa shape index (κ3) is 2.52. The summed E-state index contributed by atoms with van der Waals surface area (Å²) in [4.78, 5) is 5.80. The molecule has 112 valence electrons. The topological polar surface area (TPSA) is 33.2 Å². The molecular formula is C15H18ClN3OS. The number of fused-ring (bicyclic) bond motifs is 2. The van der Waals surface area contributed by atoms with E-state index in [0.717, 1.165) is 40.5 Å². The van der Waals surface area contributed by atoms with Gasteiger partial charge in [-0.1, -0.05) is 11.6 Å². The molecule has 1 N–H and O–H groups in total. The minimum Gasteiger partial charge on any atom is -0.373 e. The third-order valence-corrected chi connectivity index (χ3v) is 5.14. The molecule has 2 aliphatic heterocycles. The van der Waals surface area contributed by atoms with E-state index in [0.29, 0.717) is 6.04 Å². The lowest BCUT2D eigenvalue weighted by Gasteiger charge is -2.35. The highest BCUT2D eigenvalue weighted by Crippen LogP contribution is 2.25. The minimum atomic E-state index is 0.198. The van der Waals surface area contributed by atoms with Crippen LogP contribution in [-0.4, -0.2) is 46.3 Å². The number of nitrogens with zero attached hydrogens (tertiary/aromatic N) is 2. The normalized spacial score (nSPS) is 26.3. The minimum absolute atomic E-state index is 0.198. The van der Waals surface area contributed by atoms with Gasteiger partial charge < -0.3 is 14.3 Å². The van der Waals surface area contributed by atoms with Gasteiger partial charge in [-0.2, -0.15) is 0 Å². The molecule has 2 saturated heterocycles. The van der Waals surface area contributed by atoms with E-state index < -0.39 is 0 Å². The lowest BCUT2D eigenvalue weighted by atomic mass is 10.2. The predicted molar refractivity (Wildman–Crippen MR) is 86.5 cm³/mol. The highest BCUT2D eigenvalue weighted by Gasteiger charge is 2.32. The Bertz CT molecular complexity index is 725. The Labute approximate surface area is 133 Å². The molecule has 4 rings (SSSR count). The first-order valence-electron chi connectivity index (χ1n) is 7.44. The molecule has 3 heterocycles. The van der Waals surface area contributed by atoms with Gasteiger partial charge in [0, 0.05) is 17.6 Å². The van der Waals surface area contributed by atoms with E-state index in [-0.39, 0.29) is 6.10 Å². The van der Waals surface area contributed by atoms with Crippen molar-refractivity contribution in [2.24, 2.45) is 0 Å². The summed E-state index contributed by atoms with van der Waals surface area (Å²) < 4.78 is 8.89. The second-order valence-corrected chi connectivity index (χ2v) is 6.77. The molecule has 0 aliphatic carbocycles. The molecule has 0 radical (unpaired) electrons. The average Bonchev–Trinajstić information content (AvgIpc) is 3.04. The van der Waals surface area contributed by atoms with Gasteiger partial charge in [0.15, 0.2) is 4.77 Å². The van der Waals surface area contributed by atoms with Crippen molar-refractivity contribution in [3.8, 4) is 0 Å². The first kappa shape index (κ1) is 13.8. The van der Waals surface area contributed by atoms with Crippen molar-refractivity contribution in [3.05, 3.63) is 28.0 Å². The fraction of sp³-hybridized carbons (Fsp3) is 0.533. The monoisotopic (exact) mass is 323 g/mol. The molecule has 1 aromatic carbocycles. The number of ether oxygens (including phenoxy) is 1. The van der Waals surface area contributed by atoms with E-state index in [1.54, 1.807) is 0 Å². The fourth-order valence-electron chi connectivity index (χ4n) is 3.51. The van der Waals surface area contributed by atoms with Crippen molar-refractivity contribution in [3.63, 3.8) is 0 Å². The van der Waals surface area contributed by atoms with Crippen LogP contribution in [-0.2, 0) is 11.3 Å². The van der Waals surface area contributed by atoms with Crippen molar-refractivity contribution < 1.29 is 4.74 Å². The third-order valence-electron chi connectivity index (χ3n) is 4.59.